The normalized spacial score (nSPS) is 17.9. The molecule has 1 unspecified atom stereocenters. The number of thiophene rings is 1. The number of halogens is 1. The van der Waals surface area contributed by atoms with Gasteiger partial charge in [0, 0.05) is 24.4 Å². The summed E-state index contributed by atoms with van der Waals surface area (Å²) in [6.07, 6.45) is 1.56. The van der Waals surface area contributed by atoms with Crippen molar-refractivity contribution < 1.29 is 0 Å². The highest BCUT2D eigenvalue weighted by Gasteiger charge is 2.28. The molecule has 2 heterocycles. The third kappa shape index (κ3) is 3.37. The molecule has 0 aromatic carbocycles. The molecule has 0 saturated heterocycles. The maximum Gasteiger partial charge on any atom is 0.250 e. The Balaban J connectivity index is 0.00000208. The largest absolute Gasteiger partial charge is 0.369 e. The number of pyridine rings is 1. The third-order valence-corrected chi connectivity index (χ3v) is 4.93. The molecule has 0 spiro atoms. The molecule has 0 saturated carbocycles. The second-order valence-corrected chi connectivity index (χ2v) is 6.56. The Kier molecular flexibility index (Phi) is 5.46. The minimum atomic E-state index is -0.0702. The molecule has 128 valence electrons. The summed E-state index contributed by atoms with van der Waals surface area (Å²) < 4.78 is 1.70. The number of hydrogen-bond acceptors (Lipinski definition) is 4. The Morgan fingerprint density at radius 1 is 1.38 bits per heavy atom. The topological polar surface area (TPSA) is 98.8 Å². The Hall–Kier alpha value is -2.12. The van der Waals surface area contributed by atoms with Crippen molar-refractivity contribution in [2.75, 3.05) is 0 Å². The SMILES string of the molecule is Cc1cc(=O)n(C)c2c1C(=NN=C(N)N)CC(c1ccsc1)C2.Cl. The quantitative estimate of drug-likeness (QED) is 0.483. The van der Waals surface area contributed by atoms with E-state index in [9.17, 15) is 4.79 Å². The number of hydrogen-bond donors (Lipinski definition) is 2. The monoisotopic (exact) mass is 365 g/mol. The van der Waals surface area contributed by atoms with Crippen molar-refractivity contribution >= 4 is 35.4 Å². The van der Waals surface area contributed by atoms with E-state index in [1.54, 1.807) is 29.0 Å². The summed E-state index contributed by atoms with van der Waals surface area (Å²) in [4.78, 5) is 12.1. The van der Waals surface area contributed by atoms with Gasteiger partial charge < -0.3 is 16.0 Å². The van der Waals surface area contributed by atoms with Crippen molar-refractivity contribution in [1.82, 2.24) is 4.57 Å². The van der Waals surface area contributed by atoms with E-state index < -0.39 is 0 Å². The molecule has 2 aromatic heterocycles. The summed E-state index contributed by atoms with van der Waals surface area (Å²) in [5.41, 5.74) is 15.8. The van der Waals surface area contributed by atoms with Crippen molar-refractivity contribution in [3.8, 4) is 0 Å². The van der Waals surface area contributed by atoms with Crippen LogP contribution in [0.2, 0.25) is 0 Å². The summed E-state index contributed by atoms with van der Waals surface area (Å²) in [7, 11) is 1.80. The van der Waals surface area contributed by atoms with Gasteiger partial charge in [0.25, 0.3) is 5.56 Å². The van der Waals surface area contributed by atoms with Gasteiger partial charge in [0.15, 0.2) is 0 Å². The van der Waals surface area contributed by atoms with Gasteiger partial charge in [-0.2, -0.15) is 16.4 Å². The number of guanidine groups is 1. The molecule has 2 aromatic rings. The fraction of sp³-hybridized carbons (Fsp3) is 0.312. The van der Waals surface area contributed by atoms with E-state index in [0.717, 1.165) is 35.4 Å². The minimum absolute atomic E-state index is 0. The zero-order chi connectivity index (χ0) is 16.6. The van der Waals surface area contributed by atoms with Crippen LogP contribution in [0.3, 0.4) is 0 Å². The average molecular weight is 366 g/mol. The van der Waals surface area contributed by atoms with Crippen LogP contribution in [0.4, 0.5) is 0 Å². The van der Waals surface area contributed by atoms with E-state index in [4.69, 9.17) is 11.5 Å². The molecular formula is C16H20ClN5OS. The number of nitrogens with two attached hydrogens (primary N) is 2. The van der Waals surface area contributed by atoms with Crippen LogP contribution in [0, 0.1) is 6.92 Å². The van der Waals surface area contributed by atoms with Crippen molar-refractivity contribution in [2.45, 2.75) is 25.7 Å². The lowest BCUT2D eigenvalue weighted by Gasteiger charge is -2.28. The van der Waals surface area contributed by atoms with Crippen LogP contribution in [0.25, 0.3) is 0 Å². The first-order chi connectivity index (χ1) is 11.0. The van der Waals surface area contributed by atoms with Crippen LogP contribution < -0.4 is 17.0 Å². The van der Waals surface area contributed by atoms with Crippen LogP contribution in [-0.4, -0.2) is 16.2 Å². The van der Waals surface area contributed by atoms with Crippen LogP contribution in [0.5, 0.6) is 0 Å². The van der Waals surface area contributed by atoms with Crippen molar-refractivity contribution in [3.05, 3.63) is 55.6 Å². The molecular weight excluding hydrogens is 346 g/mol. The van der Waals surface area contributed by atoms with E-state index in [-0.39, 0.29) is 29.8 Å². The van der Waals surface area contributed by atoms with E-state index in [1.807, 2.05) is 6.92 Å². The predicted octanol–water partition coefficient (Wildman–Crippen LogP) is 1.88. The highest BCUT2D eigenvalue weighted by molar-refractivity contribution is 7.08. The summed E-state index contributed by atoms with van der Waals surface area (Å²) in [6.45, 7) is 1.93. The summed E-state index contributed by atoms with van der Waals surface area (Å²) >= 11 is 1.67. The molecule has 1 aliphatic carbocycles. The number of rotatable bonds is 2. The van der Waals surface area contributed by atoms with E-state index >= 15 is 0 Å². The molecule has 3 rings (SSSR count). The minimum Gasteiger partial charge on any atom is -0.369 e. The molecule has 0 bridgehead atoms. The summed E-state index contributed by atoms with van der Waals surface area (Å²) in [5, 5.41) is 12.3. The molecule has 6 nitrogen and oxygen atoms in total. The lowest BCUT2D eigenvalue weighted by Crippen LogP contribution is -2.30. The number of nitrogens with zero attached hydrogens (tertiary/aromatic N) is 3. The Labute approximate surface area is 150 Å². The molecule has 4 N–H and O–H groups in total. The summed E-state index contributed by atoms with van der Waals surface area (Å²) in [6, 6.07) is 3.75. The molecule has 1 aliphatic rings. The molecule has 1 atom stereocenters. The standard InChI is InChI=1S/C16H19N5OS.ClH/c1-9-5-14(22)21(2)13-7-11(10-3-4-23-8-10)6-12(15(9)13)19-20-16(17)18;/h3-5,8,11H,6-7H2,1-2H3,(H4,17,18,20);1H. The van der Waals surface area contributed by atoms with E-state index in [0.29, 0.717) is 0 Å². The fourth-order valence-electron chi connectivity index (χ4n) is 3.11. The van der Waals surface area contributed by atoms with E-state index in [1.165, 1.54) is 5.56 Å². The Morgan fingerprint density at radius 2 is 2.12 bits per heavy atom. The first kappa shape index (κ1) is 18.2. The first-order valence-corrected chi connectivity index (χ1v) is 8.29. The van der Waals surface area contributed by atoms with Crippen LogP contribution in [0.1, 0.15) is 34.7 Å². The molecule has 24 heavy (non-hydrogen) atoms. The van der Waals surface area contributed by atoms with Gasteiger partial charge in [-0.1, -0.05) is 0 Å². The number of aryl methyl sites for hydroxylation is 1. The van der Waals surface area contributed by atoms with Gasteiger partial charge in [0.1, 0.15) is 0 Å². The van der Waals surface area contributed by atoms with Crippen LogP contribution >= 0.6 is 23.7 Å². The zero-order valence-electron chi connectivity index (χ0n) is 13.5. The van der Waals surface area contributed by atoms with Gasteiger partial charge in [-0.25, -0.2) is 0 Å². The molecule has 0 amide bonds. The summed E-state index contributed by atoms with van der Waals surface area (Å²) in [5.74, 6) is 0.202. The maximum atomic E-state index is 12.1. The highest BCUT2D eigenvalue weighted by Crippen LogP contribution is 2.34. The second-order valence-electron chi connectivity index (χ2n) is 5.78. The van der Waals surface area contributed by atoms with Gasteiger partial charge >= 0.3 is 0 Å². The van der Waals surface area contributed by atoms with Crippen molar-refractivity contribution in [2.24, 2.45) is 28.7 Å². The molecule has 8 heteroatoms. The Morgan fingerprint density at radius 3 is 2.75 bits per heavy atom. The predicted molar refractivity (Wildman–Crippen MR) is 101 cm³/mol. The first-order valence-electron chi connectivity index (χ1n) is 7.34. The second kappa shape index (κ2) is 7.19. The number of aromatic nitrogens is 1. The van der Waals surface area contributed by atoms with Crippen molar-refractivity contribution in [1.29, 1.82) is 0 Å². The van der Waals surface area contributed by atoms with Gasteiger partial charge in [0.2, 0.25) is 5.96 Å². The molecule has 0 radical (unpaired) electrons. The smallest absolute Gasteiger partial charge is 0.250 e. The average Bonchev–Trinajstić information content (AvgIpc) is 3.04. The van der Waals surface area contributed by atoms with Gasteiger partial charge in [-0.3, -0.25) is 4.79 Å². The molecule has 0 aliphatic heterocycles. The highest BCUT2D eigenvalue weighted by atomic mass is 35.5. The Bertz CT molecular complexity index is 850. The fourth-order valence-corrected chi connectivity index (χ4v) is 3.85. The van der Waals surface area contributed by atoms with Gasteiger partial charge in [-0.15, -0.1) is 17.5 Å². The van der Waals surface area contributed by atoms with Crippen LogP contribution in [-0.2, 0) is 13.5 Å². The van der Waals surface area contributed by atoms with Gasteiger partial charge in [0.05, 0.1) is 5.71 Å². The van der Waals surface area contributed by atoms with Crippen LogP contribution in [0.15, 0.2) is 37.9 Å². The number of fused-ring (bicyclic) bond motifs is 1. The molecule has 0 fully saturated rings. The lowest BCUT2D eigenvalue weighted by molar-refractivity contribution is 0.636. The van der Waals surface area contributed by atoms with Crippen molar-refractivity contribution in [3.63, 3.8) is 0 Å². The zero-order valence-corrected chi connectivity index (χ0v) is 15.2. The lowest BCUT2D eigenvalue weighted by atomic mass is 9.80. The maximum absolute atomic E-state index is 12.1. The third-order valence-electron chi connectivity index (χ3n) is 4.23. The van der Waals surface area contributed by atoms with E-state index in [2.05, 4.69) is 27.0 Å². The van der Waals surface area contributed by atoms with Gasteiger partial charge in [-0.05, 0) is 53.6 Å².